The van der Waals surface area contributed by atoms with E-state index in [0.29, 0.717) is 16.5 Å². The van der Waals surface area contributed by atoms with Crippen molar-refractivity contribution in [2.24, 2.45) is 5.92 Å². The molecule has 0 radical (unpaired) electrons. The number of carbonyl (C=O) groups excluding carboxylic acids is 2. The first-order chi connectivity index (χ1) is 12.6. The Labute approximate surface area is 160 Å². The Morgan fingerprint density at radius 3 is 2.50 bits per heavy atom. The SMILES string of the molecule is CC(=O)c1nnc(Sc2ccc(C(=O)N[C@H]3CN4CCC3CC4)cc2)s1. The Bertz CT molecular complexity index is 813. The number of aromatic nitrogens is 2. The summed E-state index contributed by atoms with van der Waals surface area (Å²) in [6.45, 7) is 4.79. The lowest BCUT2D eigenvalue weighted by atomic mass is 9.84. The number of benzene rings is 1. The number of amides is 1. The van der Waals surface area contributed by atoms with Crippen molar-refractivity contribution >= 4 is 34.8 Å². The zero-order valence-electron chi connectivity index (χ0n) is 14.5. The molecule has 3 fully saturated rings. The highest BCUT2D eigenvalue weighted by molar-refractivity contribution is 8.01. The van der Waals surface area contributed by atoms with E-state index >= 15 is 0 Å². The van der Waals surface area contributed by atoms with E-state index in [4.69, 9.17) is 0 Å². The third kappa shape index (κ3) is 3.82. The van der Waals surface area contributed by atoms with Crippen LogP contribution in [0.3, 0.4) is 0 Å². The van der Waals surface area contributed by atoms with Crippen molar-refractivity contribution in [1.29, 1.82) is 0 Å². The van der Waals surface area contributed by atoms with E-state index in [1.165, 1.54) is 56.0 Å². The van der Waals surface area contributed by atoms with Gasteiger partial charge in [-0.2, -0.15) is 0 Å². The van der Waals surface area contributed by atoms with Crippen molar-refractivity contribution in [3.63, 3.8) is 0 Å². The second kappa shape index (κ2) is 7.46. The molecule has 8 heteroatoms. The summed E-state index contributed by atoms with van der Waals surface area (Å²) in [6.07, 6.45) is 2.37. The zero-order valence-corrected chi connectivity index (χ0v) is 16.1. The molecule has 5 rings (SSSR count). The lowest BCUT2D eigenvalue weighted by Gasteiger charge is -2.44. The quantitative estimate of drug-likeness (QED) is 0.794. The molecule has 0 spiro atoms. The molecule has 0 aliphatic carbocycles. The highest BCUT2D eigenvalue weighted by Crippen LogP contribution is 2.31. The van der Waals surface area contributed by atoms with Crippen LogP contribution in [0.4, 0.5) is 0 Å². The predicted molar refractivity (Wildman–Crippen MR) is 101 cm³/mol. The molecule has 1 amide bonds. The van der Waals surface area contributed by atoms with Crippen LogP contribution in [0.5, 0.6) is 0 Å². The van der Waals surface area contributed by atoms with Gasteiger partial charge in [-0.3, -0.25) is 9.59 Å². The highest BCUT2D eigenvalue weighted by Gasteiger charge is 2.34. The molecular weight excluding hydrogens is 368 g/mol. The number of Topliss-reactive ketones (excluding diaryl/α,β-unsaturated/α-hetero) is 1. The van der Waals surface area contributed by atoms with E-state index in [9.17, 15) is 9.59 Å². The molecule has 0 unspecified atom stereocenters. The maximum atomic E-state index is 12.5. The molecule has 6 nitrogen and oxygen atoms in total. The Balaban J connectivity index is 1.37. The lowest BCUT2D eigenvalue weighted by Crippen LogP contribution is -2.57. The van der Waals surface area contributed by atoms with Crippen molar-refractivity contribution in [1.82, 2.24) is 20.4 Å². The second-order valence-corrected chi connectivity index (χ2v) is 9.07. The van der Waals surface area contributed by atoms with Crippen LogP contribution in [-0.4, -0.2) is 52.5 Å². The minimum Gasteiger partial charge on any atom is -0.348 e. The zero-order chi connectivity index (χ0) is 18.1. The molecule has 1 N–H and O–H groups in total. The number of fused-ring (bicyclic) bond motifs is 3. The summed E-state index contributed by atoms with van der Waals surface area (Å²) in [6, 6.07) is 7.76. The number of ketones is 1. The third-order valence-electron chi connectivity index (χ3n) is 5.00. The van der Waals surface area contributed by atoms with Crippen LogP contribution >= 0.6 is 23.1 Å². The fourth-order valence-corrected chi connectivity index (χ4v) is 5.27. The van der Waals surface area contributed by atoms with Crippen LogP contribution < -0.4 is 5.32 Å². The van der Waals surface area contributed by atoms with E-state index < -0.39 is 0 Å². The van der Waals surface area contributed by atoms with E-state index in [0.717, 1.165) is 15.8 Å². The fraction of sp³-hybridized carbons (Fsp3) is 0.444. The van der Waals surface area contributed by atoms with Crippen LogP contribution in [0.15, 0.2) is 33.5 Å². The van der Waals surface area contributed by atoms with Crippen LogP contribution in [0, 0.1) is 5.92 Å². The molecule has 26 heavy (non-hydrogen) atoms. The van der Waals surface area contributed by atoms with Gasteiger partial charge >= 0.3 is 0 Å². The number of hydrogen-bond acceptors (Lipinski definition) is 7. The molecule has 4 heterocycles. The van der Waals surface area contributed by atoms with Crippen molar-refractivity contribution in [2.75, 3.05) is 19.6 Å². The number of hydrogen-bond donors (Lipinski definition) is 1. The van der Waals surface area contributed by atoms with Crippen molar-refractivity contribution in [2.45, 2.75) is 35.0 Å². The molecule has 3 aliphatic heterocycles. The van der Waals surface area contributed by atoms with Gasteiger partial charge in [0.15, 0.2) is 15.1 Å². The molecule has 3 aliphatic rings. The summed E-state index contributed by atoms with van der Waals surface area (Å²) in [5.74, 6) is 0.538. The van der Waals surface area contributed by atoms with Gasteiger partial charge in [0.2, 0.25) is 0 Å². The van der Waals surface area contributed by atoms with Crippen molar-refractivity contribution in [3.05, 3.63) is 34.8 Å². The predicted octanol–water partition coefficient (Wildman–Crippen LogP) is 2.72. The van der Waals surface area contributed by atoms with E-state index in [-0.39, 0.29) is 17.7 Å². The van der Waals surface area contributed by atoms with Crippen molar-refractivity contribution in [3.8, 4) is 0 Å². The summed E-state index contributed by atoms with van der Waals surface area (Å²) in [5, 5.41) is 11.5. The number of rotatable bonds is 5. The molecule has 0 saturated carbocycles. The average molecular weight is 389 g/mol. The molecule has 3 saturated heterocycles. The average Bonchev–Trinajstić information content (AvgIpc) is 3.12. The number of carbonyl (C=O) groups is 2. The maximum Gasteiger partial charge on any atom is 0.251 e. The standard InChI is InChI=1S/C18H20N4O2S2/c1-11(23)17-20-21-18(26-17)25-14-4-2-13(3-5-14)16(24)19-15-10-22-8-6-12(15)7-9-22/h2-5,12,15H,6-10H2,1H3,(H,19,24)/t15-/m0/s1. The number of piperidine rings is 3. The first kappa shape index (κ1) is 17.6. The highest BCUT2D eigenvalue weighted by atomic mass is 32.2. The van der Waals surface area contributed by atoms with Gasteiger partial charge in [0.1, 0.15) is 0 Å². The van der Waals surface area contributed by atoms with E-state index in [1.807, 2.05) is 24.3 Å². The lowest BCUT2D eigenvalue weighted by molar-refractivity contribution is 0.0620. The summed E-state index contributed by atoms with van der Waals surface area (Å²) in [4.78, 5) is 27.2. The Morgan fingerprint density at radius 1 is 1.19 bits per heavy atom. The van der Waals surface area contributed by atoms with Gasteiger partial charge < -0.3 is 10.2 Å². The molecule has 2 bridgehead atoms. The second-order valence-electron chi connectivity index (χ2n) is 6.77. The van der Waals surface area contributed by atoms with Crippen LogP contribution in [0.2, 0.25) is 0 Å². The van der Waals surface area contributed by atoms with Gasteiger partial charge in [0.05, 0.1) is 0 Å². The number of nitrogens with zero attached hydrogens (tertiary/aromatic N) is 3. The first-order valence-corrected chi connectivity index (χ1v) is 10.4. The molecular formula is C18H20N4O2S2. The molecule has 1 aromatic heterocycles. The monoisotopic (exact) mass is 388 g/mol. The minimum atomic E-state index is -0.0749. The van der Waals surface area contributed by atoms with E-state index in [1.54, 1.807) is 0 Å². The van der Waals surface area contributed by atoms with Gasteiger partial charge in [0.25, 0.3) is 5.91 Å². The van der Waals surface area contributed by atoms with Crippen LogP contribution in [-0.2, 0) is 0 Å². The Morgan fingerprint density at radius 2 is 1.92 bits per heavy atom. The molecule has 1 aromatic carbocycles. The van der Waals surface area contributed by atoms with Gasteiger partial charge in [-0.25, -0.2) is 0 Å². The molecule has 136 valence electrons. The minimum absolute atomic E-state index is 0.00455. The van der Waals surface area contributed by atoms with Gasteiger partial charge in [-0.15, -0.1) is 10.2 Å². The maximum absolute atomic E-state index is 12.5. The third-order valence-corrected chi connectivity index (χ3v) is 7.08. The smallest absolute Gasteiger partial charge is 0.251 e. The normalized spacial score (nSPS) is 24.4. The van der Waals surface area contributed by atoms with Gasteiger partial charge in [-0.05, 0) is 56.1 Å². The molecule has 1 atom stereocenters. The summed E-state index contributed by atoms with van der Waals surface area (Å²) < 4.78 is 0.722. The topological polar surface area (TPSA) is 75.2 Å². The largest absolute Gasteiger partial charge is 0.348 e. The Hall–Kier alpha value is -1.77. The summed E-state index contributed by atoms with van der Waals surface area (Å²) in [7, 11) is 0. The summed E-state index contributed by atoms with van der Waals surface area (Å²) >= 11 is 2.73. The van der Waals surface area contributed by atoms with Crippen LogP contribution in [0.25, 0.3) is 0 Å². The van der Waals surface area contributed by atoms with E-state index in [2.05, 4.69) is 20.4 Å². The molecule has 2 aromatic rings. The van der Waals surface area contributed by atoms with Gasteiger partial charge in [-0.1, -0.05) is 23.1 Å². The van der Waals surface area contributed by atoms with Crippen molar-refractivity contribution < 1.29 is 9.59 Å². The number of nitrogens with one attached hydrogen (secondary N) is 1. The van der Waals surface area contributed by atoms with Crippen LogP contribution in [0.1, 0.15) is 39.9 Å². The fourth-order valence-electron chi connectivity index (χ4n) is 3.55. The van der Waals surface area contributed by atoms with Gasteiger partial charge in [0, 0.05) is 30.0 Å². The summed E-state index contributed by atoms with van der Waals surface area (Å²) in [5.41, 5.74) is 0.674. The Kier molecular flexibility index (Phi) is 5.06. The first-order valence-electron chi connectivity index (χ1n) is 8.74.